The van der Waals surface area contributed by atoms with E-state index in [0.717, 1.165) is 0 Å². The molecule has 0 saturated heterocycles. The molecule has 0 radical (unpaired) electrons. The number of hydrogen-bond acceptors (Lipinski definition) is 2. The molecular formula is C10H8Cl2FN3. The Balaban J connectivity index is 2.59. The molecule has 0 N–H and O–H groups in total. The van der Waals surface area contributed by atoms with E-state index < -0.39 is 5.82 Å². The third-order valence-electron chi connectivity index (χ3n) is 2.28. The Morgan fingerprint density at radius 2 is 2.12 bits per heavy atom. The molecule has 0 unspecified atom stereocenters. The molecule has 2 aromatic rings. The molecule has 0 saturated carbocycles. The summed E-state index contributed by atoms with van der Waals surface area (Å²) >= 11 is 11.4. The highest BCUT2D eigenvalue weighted by Gasteiger charge is 2.15. The van der Waals surface area contributed by atoms with Crippen molar-refractivity contribution in [3.05, 3.63) is 34.9 Å². The van der Waals surface area contributed by atoms with Gasteiger partial charge in [0, 0.05) is 7.05 Å². The SMILES string of the molecule is Cn1c(CCl)nnc1-c1cccc(Cl)c1F. The molecule has 3 nitrogen and oxygen atoms in total. The van der Waals surface area contributed by atoms with Crippen LogP contribution in [-0.2, 0) is 12.9 Å². The number of aromatic nitrogens is 3. The molecule has 0 fully saturated rings. The standard InChI is InChI=1S/C10H8Cl2FN3/c1-16-8(5-11)14-15-10(16)6-3-2-4-7(12)9(6)13/h2-4H,5H2,1H3. The minimum atomic E-state index is -0.499. The maximum atomic E-state index is 13.7. The van der Waals surface area contributed by atoms with Crippen LogP contribution in [0.1, 0.15) is 5.82 Å². The third-order valence-corrected chi connectivity index (χ3v) is 2.81. The second kappa shape index (κ2) is 4.39. The van der Waals surface area contributed by atoms with E-state index in [9.17, 15) is 4.39 Å². The third kappa shape index (κ3) is 1.79. The van der Waals surface area contributed by atoms with Crippen molar-refractivity contribution in [2.24, 2.45) is 7.05 Å². The average Bonchev–Trinajstić information content (AvgIpc) is 2.64. The lowest BCUT2D eigenvalue weighted by molar-refractivity contribution is 0.629. The van der Waals surface area contributed by atoms with Gasteiger partial charge in [0.2, 0.25) is 0 Å². The molecule has 0 bridgehead atoms. The molecule has 84 valence electrons. The zero-order valence-electron chi connectivity index (χ0n) is 8.41. The predicted molar refractivity (Wildman–Crippen MR) is 61.0 cm³/mol. The molecule has 0 atom stereocenters. The molecule has 1 heterocycles. The highest BCUT2D eigenvalue weighted by Crippen LogP contribution is 2.26. The van der Waals surface area contributed by atoms with Gasteiger partial charge in [-0.15, -0.1) is 21.8 Å². The van der Waals surface area contributed by atoms with Gasteiger partial charge < -0.3 is 4.57 Å². The summed E-state index contributed by atoms with van der Waals surface area (Å²) in [6.45, 7) is 0. The van der Waals surface area contributed by atoms with Crippen molar-refractivity contribution in [1.29, 1.82) is 0 Å². The number of nitrogens with zero attached hydrogens (tertiary/aromatic N) is 3. The maximum Gasteiger partial charge on any atom is 0.166 e. The van der Waals surface area contributed by atoms with Gasteiger partial charge in [0.15, 0.2) is 11.6 Å². The quantitative estimate of drug-likeness (QED) is 0.777. The first-order chi connectivity index (χ1) is 7.65. The number of halogens is 3. The Hall–Kier alpha value is -1.13. The summed E-state index contributed by atoms with van der Waals surface area (Å²) in [5, 5.41) is 7.80. The van der Waals surface area contributed by atoms with Crippen LogP contribution < -0.4 is 0 Å². The molecule has 16 heavy (non-hydrogen) atoms. The lowest BCUT2D eigenvalue weighted by atomic mass is 10.2. The fourth-order valence-corrected chi connectivity index (χ4v) is 1.80. The fraction of sp³-hybridized carbons (Fsp3) is 0.200. The van der Waals surface area contributed by atoms with Gasteiger partial charge in [-0.25, -0.2) is 4.39 Å². The highest BCUT2D eigenvalue weighted by molar-refractivity contribution is 6.31. The summed E-state index contributed by atoms with van der Waals surface area (Å²) in [4.78, 5) is 0. The number of rotatable bonds is 2. The topological polar surface area (TPSA) is 30.7 Å². The fourth-order valence-electron chi connectivity index (χ4n) is 1.39. The van der Waals surface area contributed by atoms with Gasteiger partial charge in [0.05, 0.1) is 16.5 Å². The van der Waals surface area contributed by atoms with E-state index in [4.69, 9.17) is 23.2 Å². The summed E-state index contributed by atoms with van der Waals surface area (Å²) in [6.07, 6.45) is 0. The second-order valence-electron chi connectivity index (χ2n) is 3.23. The van der Waals surface area contributed by atoms with E-state index in [0.29, 0.717) is 17.2 Å². The molecule has 0 spiro atoms. The zero-order valence-corrected chi connectivity index (χ0v) is 9.93. The number of benzene rings is 1. The van der Waals surface area contributed by atoms with Crippen LogP contribution in [0.3, 0.4) is 0 Å². The largest absolute Gasteiger partial charge is 0.313 e. The van der Waals surface area contributed by atoms with Crippen molar-refractivity contribution >= 4 is 23.2 Å². The summed E-state index contributed by atoms with van der Waals surface area (Å²) in [7, 11) is 1.73. The van der Waals surface area contributed by atoms with Crippen molar-refractivity contribution in [3.8, 4) is 11.4 Å². The molecule has 0 amide bonds. The maximum absolute atomic E-state index is 13.7. The molecule has 6 heteroatoms. The van der Waals surface area contributed by atoms with Gasteiger partial charge in [-0.3, -0.25) is 0 Å². The van der Waals surface area contributed by atoms with Gasteiger partial charge in [0.1, 0.15) is 5.82 Å². The van der Waals surface area contributed by atoms with Crippen molar-refractivity contribution in [3.63, 3.8) is 0 Å². The van der Waals surface area contributed by atoms with Crippen molar-refractivity contribution < 1.29 is 4.39 Å². The van der Waals surface area contributed by atoms with E-state index in [1.807, 2.05) is 0 Å². The van der Waals surface area contributed by atoms with Gasteiger partial charge in [0.25, 0.3) is 0 Å². The van der Waals surface area contributed by atoms with Crippen LogP contribution in [-0.4, -0.2) is 14.8 Å². The molecule has 0 aliphatic carbocycles. The van der Waals surface area contributed by atoms with E-state index in [1.54, 1.807) is 23.7 Å². The van der Waals surface area contributed by atoms with E-state index in [1.165, 1.54) is 6.07 Å². The summed E-state index contributed by atoms with van der Waals surface area (Å²) in [5.74, 6) is 0.721. The summed E-state index contributed by atoms with van der Waals surface area (Å²) in [5.41, 5.74) is 0.318. The molecule has 0 aliphatic rings. The van der Waals surface area contributed by atoms with Crippen LogP contribution >= 0.6 is 23.2 Å². The van der Waals surface area contributed by atoms with Crippen molar-refractivity contribution in [1.82, 2.24) is 14.8 Å². The minimum Gasteiger partial charge on any atom is -0.313 e. The van der Waals surface area contributed by atoms with Crippen molar-refractivity contribution in [2.45, 2.75) is 5.88 Å². The zero-order chi connectivity index (χ0) is 11.7. The minimum absolute atomic E-state index is 0.0629. The highest BCUT2D eigenvalue weighted by atomic mass is 35.5. The van der Waals surface area contributed by atoms with Crippen LogP contribution in [0.4, 0.5) is 4.39 Å². The van der Waals surface area contributed by atoms with Crippen LogP contribution in [0, 0.1) is 5.82 Å². The van der Waals surface area contributed by atoms with Crippen LogP contribution in [0.5, 0.6) is 0 Å². The van der Waals surface area contributed by atoms with Gasteiger partial charge >= 0.3 is 0 Å². The first kappa shape index (κ1) is 11.4. The number of hydrogen-bond donors (Lipinski definition) is 0. The monoisotopic (exact) mass is 259 g/mol. The van der Waals surface area contributed by atoms with Crippen LogP contribution in [0.25, 0.3) is 11.4 Å². The lowest BCUT2D eigenvalue weighted by Crippen LogP contribution is -1.98. The Morgan fingerprint density at radius 1 is 1.38 bits per heavy atom. The van der Waals surface area contributed by atoms with Crippen LogP contribution in [0.15, 0.2) is 18.2 Å². The molecule has 2 rings (SSSR count). The van der Waals surface area contributed by atoms with E-state index in [2.05, 4.69) is 10.2 Å². The first-order valence-electron chi connectivity index (χ1n) is 4.53. The molecular weight excluding hydrogens is 252 g/mol. The Morgan fingerprint density at radius 3 is 2.75 bits per heavy atom. The summed E-state index contributed by atoms with van der Waals surface area (Å²) < 4.78 is 15.4. The van der Waals surface area contributed by atoms with E-state index in [-0.39, 0.29) is 10.9 Å². The average molecular weight is 260 g/mol. The van der Waals surface area contributed by atoms with Crippen LogP contribution in [0.2, 0.25) is 5.02 Å². The second-order valence-corrected chi connectivity index (χ2v) is 3.91. The van der Waals surface area contributed by atoms with E-state index >= 15 is 0 Å². The predicted octanol–water partition coefficient (Wildman–Crippen LogP) is 3.01. The molecule has 1 aromatic heterocycles. The Bertz CT molecular complexity index is 525. The van der Waals surface area contributed by atoms with Gasteiger partial charge in [-0.1, -0.05) is 17.7 Å². The van der Waals surface area contributed by atoms with Crippen molar-refractivity contribution in [2.75, 3.05) is 0 Å². The number of alkyl halides is 1. The molecule has 1 aromatic carbocycles. The normalized spacial score (nSPS) is 10.8. The molecule has 0 aliphatic heterocycles. The smallest absolute Gasteiger partial charge is 0.166 e. The Kier molecular flexibility index (Phi) is 3.12. The van der Waals surface area contributed by atoms with Gasteiger partial charge in [-0.2, -0.15) is 0 Å². The lowest BCUT2D eigenvalue weighted by Gasteiger charge is -2.04. The Labute approximate surface area is 102 Å². The summed E-state index contributed by atoms with van der Waals surface area (Å²) in [6, 6.07) is 4.75. The van der Waals surface area contributed by atoms with Gasteiger partial charge in [-0.05, 0) is 12.1 Å². The first-order valence-corrected chi connectivity index (χ1v) is 5.45.